The minimum absolute atomic E-state index is 0.182. The van der Waals surface area contributed by atoms with Crippen molar-refractivity contribution in [2.75, 3.05) is 26.7 Å². The fourth-order valence-corrected chi connectivity index (χ4v) is 4.82. The fourth-order valence-electron chi connectivity index (χ4n) is 2.77. The first kappa shape index (κ1) is 26.2. The van der Waals surface area contributed by atoms with Gasteiger partial charge in [-0.05, 0) is 12.1 Å². The van der Waals surface area contributed by atoms with E-state index in [4.69, 9.17) is 21.1 Å². The van der Waals surface area contributed by atoms with Crippen molar-refractivity contribution >= 4 is 27.7 Å². The van der Waals surface area contributed by atoms with Crippen LogP contribution in [0.2, 0.25) is 45.3 Å². The number of nitrogens with zero attached hydrogens (tertiary/aromatic N) is 4. The van der Waals surface area contributed by atoms with Crippen molar-refractivity contribution < 1.29 is 22.6 Å². The maximum atomic E-state index is 13.0. The Labute approximate surface area is 189 Å². The van der Waals surface area contributed by atoms with Gasteiger partial charge in [-0.1, -0.05) is 39.3 Å². The van der Waals surface area contributed by atoms with Gasteiger partial charge < -0.3 is 19.3 Å². The van der Waals surface area contributed by atoms with Crippen molar-refractivity contribution in [1.29, 1.82) is 0 Å². The second-order valence-electron chi connectivity index (χ2n) is 10.1. The van der Waals surface area contributed by atoms with Crippen LogP contribution in [0.15, 0.2) is 24.7 Å². The van der Waals surface area contributed by atoms with Gasteiger partial charge in [-0.25, -0.2) is 4.68 Å². The minimum Gasteiger partial charge on any atom is -0.361 e. The Balaban J connectivity index is 1.93. The van der Waals surface area contributed by atoms with Crippen LogP contribution < -0.4 is 0 Å². The third-order valence-corrected chi connectivity index (χ3v) is 10.6. The van der Waals surface area contributed by atoms with E-state index in [1.165, 1.54) is 10.9 Å². The van der Waals surface area contributed by atoms with E-state index in [0.29, 0.717) is 13.4 Å². The Morgan fingerprint density at radius 2 is 1.71 bits per heavy atom. The molecule has 2 unspecified atom stereocenters. The van der Waals surface area contributed by atoms with Crippen LogP contribution in [0.4, 0.5) is 13.2 Å². The predicted molar refractivity (Wildman–Crippen MR) is 122 cm³/mol. The van der Waals surface area contributed by atoms with Gasteiger partial charge in [-0.2, -0.15) is 18.3 Å². The van der Waals surface area contributed by atoms with E-state index in [1.807, 2.05) is 41.8 Å². The van der Waals surface area contributed by atoms with E-state index in [0.717, 1.165) is 18.7 Å². The largest absolute Gasteiger partial charge is 0.435 e. The summed E-state index contributed by atoms with van der Waals surface area (Å²) in [6, 6.07) is 2.05. The summed E-state index contributed by atoms with van der Waals surface area (Å²) in [6.07, 6.45) is -0.230. The van der Waals surface area contributed by atoms with Gasteiger partial charge in [0.15, 0.2) is 11.9 Å². The Hall–Kier alpha value is -1.02. The van der Waals surface area contributed by atoms with Gasteiger partial charge in [-0.3, -0.25) is 0 Å². The molecule has 2 rings (SSSR count). The average molecular weight is 499 g/mol. The zero-order chi connectivity index (χ0) is 23.4. The molecule has 0 aliphatic carbocycles. The second-order valence-corrected chi connectivity index (χ2v) is 21.9. The molecule has 0 spiro atoms. The van der Waals surface area contributed by atoms with E-state index in [9.17, 15) is 13.2 Å². The van der Waals surface area contributed by atoms with Crippen LogP contribution in [0.3, 0.4) is 0 Å². The zero-order valence-corrected chi connectivity index (χ0v) is 21.9. The summed E-state index contributed by atoms with van der Waals surface area (Å²) in [6.45, 7) is 15.1. The molecule has 0 aromatic carbocycles. The summed E-state index contributed by atoms with van der Waals surface area (Å²) in [5, 5.41) is 3.23. The molecule has 1 aliphatic heterocycles. The number of ether oxygens (including phenoxy) is 2. The van der Waals surface area contributed by atoms with Crippen LogP contribution in [-0.2, 0) is 15.7 Å². The van der Waals surface area contributed by atoms with E-state index in [1.54, 1.807) is 0 Å². The van der Waals surface area contributed by atoms with Gasteiger partial charge in [0.05, 0.1) is 19.7 Å². The summed E-state index contributed by atoms with van der Waals surface area (Å²) in [5.41, 5.74) is -0.955. The number of halogens is 4. The molecule has 1 aromatic heterocycles. The van der Waals surface area contributed by atoms with Gasteiger partial charge >= 0.3 is 6.18 Å². The van der Waals surface area contributed by atoms with Crippen molar-refractivity contribution in [3.63, 3.8) is 0 Å². The Bertz CT molecular complexity index is 735. The second kappa shape index (κ2) is 10.3. The van der Waals surface area contributed by atoms with E-state index < -0.39 is 39.2 Å². The fraction of sp³-hybridized carbons (Fsp3) is 0.737. The van der Waals surface area contributed by atoms with Crippen molar-refractivity contribution in [2.24, 2.45) is 0 Å². The standard InChI is InChI=1S/C19H34ClF3N4O2Si2/c1-30(2,3)12-11-28-14-25-9-10-26(13-25)15-29-18(17(20)31(4,5)6)27-8-7-16(24-27)19(21,22)23/h7-10,17-18H,11-15H2,1-6H3. The molecule has 178 valence electrons. The van der Waals surface area contributed by atoms with Crippen LogP contribution in [0, 0.1) is 0 Å². The van der Waals surface area contributed by atoms with Crippen LogP contribution in [0.5, 0.6) is 0 Å². The summed E-state index contributed by atoms with van der Waals surface area (Å²) in [7, 11) is -3.06. The first-order chi connectivity index (χ1) is 14.2. The Kier molecular flexibility index (Phi) is 8.70. The van der Waals surface area contributed by atoms with Gasteiger partial charge in [0, 0.05) is 33.3 Å². The first-order valence-electron chi connectivity index (χ1n) is 10.3. The average Bonchev–Trinajstić information content (AvgIpc) is 3.26. The molecule has 0 bridgehead atoms. The molecule has 2 heterocycles. The lowest BCUT2D eigenvalue weighted by molar-refractivity contribution is -0.142. The van der Waals surface area contributed by atoms with Crippen molar-refractivity contribution in [3.05, 3.63) is 30.4 Å². The van der Waals surface area contributed by atoms with Gasteiger partial charge in [-0.15, -0.1) is 11.6 Å². The van der Waals surface area contributed by atoms with Crippen molar-refractivity contribution in [2.45, 2.75) is 62.7 Å². The molecule has 0 radical (unpaired) electrons. The number of aromatic nitrogens is 2. The van der Waals surface area contributed by atoms with Gasteiger partial charge in [0.1, 0.15) is 13.5 Å². The molecule has 0 N–H and O–H groups in total. The third-order valence-electron chi connectivity index (χ3n) is 4.75. The summed E-state index contributed by atoms with van der Waals surface area (Å²) >= 11 is 6.65. The highest BCUT2D eigenvalue weighted by Crippen LogP contribution is 2.31. The first-order valence-corrected chi connectivity index (χ1v) is 18.0. The highest BCUT2D eigenvalue weighted by Gasteiger charge is 2.38. The van der Waals surface area contributed by atoms with Gasteiger partial charge in [0.2, 0.25) is 0 Å². The quantitative estimate of drug-likeness (QED) is 0.238. The van der Waals surface area contributed by atoms with E-state index >= 15 is 0 Å². The SMILES string of the molecule is C[Si](C)(C)CCOCN1C=CN(COC(C(Cl)[Si](C)(C)C)n2ccc(C(F)(F)F)n2)C1. The molecule has 12 heteroatoms. The normalized spacial score (nSPS) is 17.5. The highest BCUT2D eigenvalue weighted by atomic mass is 35.5. The lowest BCUT2D eigenvalue weighted by Gasteiger charge is -2.32. The van der Waals surface area contributed by atoms with Crippen molar-refractivity contribution in [1.82, 2.24) is 19.6 Å². The lowest BCUT2D eigenvalue weighted by Crippen LogP contribution is -2.43. The Morgan fingerprint density at radius 1 is 1.10 bits per heavy atom. The van der Waals surface area contributed by atoms with E-state index in [-0.39, 0.29) is 6.73 Å². The molecular weight excluding hydrogens is 465 g/mol. The molecule has 0 fully saturated rings. The van der Waals surface area contributed by atoms with Crippen molar-refractivity contribution in [3.8, 4) is 0 Å². The number of hydrogen-bond acceptors (Lipinski definition) is 5. The summed E-state index contributed by atoms with van der Waals surface area (Å²) < 4.78 is 51.9. The lowest BCUT2D eigenvalue weighted by atomic mass is 10.4. The number of hydrogen-bond donors (Lipinski definition) is 0. The van der Waals surface area contributed by atoms with Crippen LogP contribution in [0.25, 0.3) is 0 Å². The zero-order valence-electron chi connectivity index (χ0n) is 19.1. The molecule has 0 saturated heterocycles. The summed E-state index contributed by atoms with van der Waals surface area (Å²) in [4.78, 5) is 3.92. The maximum Gasteiger partial charge on any atom is 0.435 e. The molecule has 2 atom stereocenters. The third kappa shape index (κ3) is 8.45. The maximum absolute atomic E-state index is 13.0. The Morgan fingerprint density at radius 3 is 2.23 bits per heavy atom. The van der Waals surface area contributed by atoms with E-state index in [2.05, 4.69) is 24.7 Å². The number of rotatable bonds is 11. The molecule has 0 saturated carbocycles. The molecule has 31 heavy (non-hydrogen) atoms. The number of alkyl halides is 4. The molecule has 1 aliphatic rings. The van der Waals surface area contributed by atoms with Crippen LogP contribution >= 0.6 is 11.6 Å². The smallest absolute Gasteiger partial charge is 0.361 e. The topological polar surface area (TPSA) is 42.8 Å². The van der Waals surface area contributed by atoms with Gasteiger partial charge in [0.25, 0.3) is 0 Å². The summed E-state index contributed by atoms with van der Waals surface area (Å²) in [5.74, 6) is 0. The minimum atomic E-state index is -4.51. The predicted octanol–water partition coefficient (Wildman–Crippen LogP) is 5.22. The highest BCUT2D eigenvalue weighted by molar-refractivity contribution is 6.84. The molecule has 1 aromatic rings. The molecule has 0 amide bonds. The molecule has 6 nitrogen and oxygen atoms in total. The molecular formula is C19H34ClF3N4O2Si2. The van der Waals surface area contributed by atoms with Crippen LogP contribution in [-0.4, -0.2) is 67.5 Å². The van der Waals surface area contributed by atoms with Crippen LogP contribution in [0.1, 0.15) is 11.9 Å². The monoisotopic (exact) mass is 498 g/mol.